The largest absolute Gasteiger partial charge is 0.496 e. The summed E-state index contributed by atoms with van der Waals surface area (Å²) in [4.78, 5) is 30.6. The van der Waals surface area contributed by atoms with Gasteiger partial charge in [0, 0.05) is 37.1 Å². The summed E-state index contributed by atoms with van der Waals surface area (Å²) in [6.45, 7) is 1.29. The van der Waals surface area contributed by atoms with Gasteiger partial charge in [-0.15, -0.1) is 0 Å². The minimum absolute atomic E-state index is 0.0815. The average molecular weight is 353 g/mol. The number of likely N-dealkylation sites (tertiary alicyclic amines) is 1. The number of methoxy groups -OCH3 is 1. The Hall–Kier alpha value is -2.89. The molecule has 3 rings (SSSR count). The SMILES string of the molecule is COc1ccccc1CC(=O)N1CCC(NC(=O)c2cccnc2)CC1. The van der Waals surface area contributed by atoms with Crippen molar-refractivity contribution in [3.63, 3.8) is 0 Å². The zero-order chi connectivity index (χ0) is 18.4. The van der Waals surface area contributed by atoms with E-state index in [0.717, 1.165) is 24.2 Å². The van der Waals surface area contributed by atoms with Crippen LogP contribution in [0.3, 0.4) is 0 Å². The first kappa shape index (κ1) is 17.9. The standard InChI is InChI=1S/C20H23N3O3/c1-26-18-7-3-2-5-15(18)13-19(24)23-11-8-17(9-12-23)22-20(25)16-6-4-10-21-14-16/h2-7,10,14,17H,8-9,11-13H2,1H3,(H,22,25). The Balaban J connectivity index is 1.50. The minimum Gasteiger partial charge on any atom is -0.496 e. The van der Waals surface area contributed by atoms with Crippen molar-refractivity contribution in [2.24, 2.45) is 0 Å². The molecule has 2 aromatic rings. The number of carbonyl (C=O) groups excluding carboxylic acids is 2. The van der Waals surface area contributed by atoms with Gasteiger partial charge >= 0.3 is 0 Å². The number of piperidine rings is 1. The number of aromatic nitrogens is 1. The second-order valence-electron chi connectivity index (χ2n) is 6.36. The van der Waals surface area contributed by atoms with Crippen LogP contribution in [0, 0.1) is 0 Å². The summed E-state index contributed by atoms with van der Waals surface area (Å²) >= 11 is 0. The van der Waals surface area contributed by atoms with Crippen LogP contribution in [0.5, 0.6) is 5.75 Å². The molecular formula is C20H23N3O3. The predicted octanol–water partition coefficient (Wildman–Crippen LogP) is 2.05. The molecule has 0 atom stereocenters. The number of rotatable bonds is 5. The van der Waals surface area contributed by atoms with Crippen LogP contribution < -0.4 is 10.1 Å². The molecule has 1 aliphatic heterocycles. The Morgan fingerprint density at radius 1 is 1.19 bits per heavy atom. The van der Waals surface area contributed by atoms with Gasteiger partial charge in [0.25, 0.3) is 5.91 Å². The maximum absolute atomic E-state index is 12.6. The molecule has 6 nitrogen and oxygen atoms in total. The number of pyridine rings is 1. The Kier molecular flexibility index (Phi) is 5.84. The lowest BCUT2D eigenvalue weighted by atomic mass is 10.0. The second-order valence-corrected chi connectivity index (χ2v) is 6.36. The molecule has 0 aliphatic carbocycles. The molecule has 6 heteroatoms. The smallest absolute Gasteiger partial charge is 0.253 e. The van der Waals surface area contributed by atoms with Crippen molar-refractivity contribution in [2.75, 3.05) is 20.2 Å². The van der Waals surface area contributed by atoms with Crippen molar-refractivity contribution in [3.8, 4) is 5.75 Å². The van der Waals surface area contributed by atoms with E-state index in [9.17, 15) is 9.59 Å². The van der Waals surface area contributed by atoms with Crippen LogP contribution in [0.25, 0.3) is 0 Å². The Labute approximate surface area is 153 Å². The molecule has 1 N–H and O–H groups in total. The van der Waals surface area contributed by atoms with Gasteiger partial charge in [0.2, 0.25) is 5.91 Å². The van der Waals surface area contributed by atoms with Gasteiger partial charge in [0.15, 0.2) is 0 Å². The van der Waals surface area contributed by atoms with Crippen LogP contribution in [-0.4, -0.2) is 47.9 Å². The molecule has 2 amide bonds. The third kappa shape index (κ3) is 4.39. The van der Waals surface area contributed by atoms with Gasteiger partial charge in [-0.1, -0.05) is 18.2 Å². The minimum atomic E-state index is -0.114. The van der Waals surface area contributed by atoms with E-state index in [1.54, 1.807) is 31.6 Å². The van der Waals surface area contributed by atoms with Crippen LogP contribution in [0.1, 0.15) is 28.8 Å². The Morgan fingerprint density at radius 2 is 1.96 bits per heavy atom. The molecule has 2 heterocycles. The van der Waals surface area contributed by atoms with Gasteiger partial charge < -0.3 is 15.0 Å². The molecule has 26 heavy (non-hydrogen) atoms. The maximum atomic E-state index is 12.6. The topological polar surface area (TPSA) is 71.5 Å². The lowest BCUT2D eigenvalue weighted by Crippen LogP contribution is -2.47. The van der Waals surface area contributed by atoms with Gasteiger partial charge in [-0.3, -0.25) is 14.6 Å². The molecule has 0 spiro atoms. The molecule has 0 bridgehead atoms. The van der Waals surface area contributed by atoms with Gasteiger partial charge in [0.1, 0.15) is 5.75 Å². The Morgan fingerprint density at radius 3 is 2.65 bits per heavy atom. The van der Waals surface area contributed by atoms with Gasteiger partial charge in [-0.05, 0) is 31.0 Å². The highest BCUT2D eigenvalue weighted by Crippen LogP contribution is 2.20. The number of hydrogen-bond donors (Lipinski definition) is 1. The van der Waals surface area contributed by atoms with E-state index in [2.05, 4.69) is 10.3 Å². The molecule has 1 aliphatic rings. The van der Waals surface area contributed by atoms with E-state index in [0.29, 0.717) is 25.1 Å². The van der Waals surface area contributed by atoms with E-state index in [-0.39, 0.29) is 17.9 Å². The predicted molar refractivity (Wildman–Crippen MR) is 98.0 cm³/mol. The molecule has 1 aromatic heterocycles. The lowest BCUT2D eigenvalue weighted by Gasteiger charge is -2.32. The summed E-state index contributed by atoms with van der Waals surface area (Å²) in [6, 6.07) is 11.1. The summed E-state index contributed by atoms with van der Waals surface area (Å²) < 4.78 is 5.31. The monoisotopic (exact) mass is 353 g/mol. The first-order valence-corrected chi connectivity index (χ1v) is 8.78. The summed E-state index contributed by atoms with van der Waals surface area (Å²) in [5, 5.41) is 3.03. The van der Waals surface area contributed by atoms with Gasteiger partial charge in [-0.2, -0.15) is 0 Å². The highest BCUT2D eigenvalue weighted by Gasteiger charge is 2.24. The summed E-state index contributed by atoms with van der Waals surface area (Å²) in [5.41, 5.74) is 1.45. The number of carbonyl (C=O) groups is 2. The fourth-order valence-corrected chi connectivity index (χ4v) is 3.16. The van der Waals surface area contributed by atoms with Crippen LogP contribution in [-0.2, 0) is 11.2 Å². The molecule has 1 fully saturated rings. The number of amides is 2. The second kappa shape index (κ2) is 8.47. The third-order valence-corrected chi connectivity index (χ3v) is 4.64. The molecule has 0 saturated carbocycles. The van der Waals surface area contributed by atoms with Crippen molar-refractivity contribution in [1.82, 2.24) is 15.2 Å². The fraction of sp³-hybridized carbons (Fsp3) is 0.350. The van der Waals surface area contributed by atoms with Gasteiger partial charge in [-0.25, -0.2) is 0 Å². The fourth-order valence-electron chi connectivity index (χ4n) is 3.16. The summed E-state index contributed by atoms with van der Waals surface area (Å²) in [6.07, 6.45) is 5.04. The number of nitrogens with one attached hydrogen (secondary N) is 1. The number of ether oxygens (including phenoxy) is 1. The molecule has 1 aromatic carbocycles. The number of nitrogens with zero attached hydrogens (tertiary/aromatic N) is 2. The third-order valence-electron chi connectivity index (χ3n) is 4.64. The molecule has 0 radical (unpaired) electrons. The first-order chi connectivity index (χ1) is 12.7. The Bertz CT molecular complexity index is 756. The van der Waals surface area contributed by atoms with Gasteiger partial charge in [0.05, 0.1) is 19.1 Å². The van der Waals surface area contributed by atoms with Crippen LogP contribution in [0.4, 0.5) is 0 Å². The highest BCUT2D eigenvalue weighted by atomic mass is 16.5. The van der Waals surface area contributed by atoms with Crippen LogP contribution in [0.2, 0.25) is 0 Å². The van der Waals surface area contributed by atoms with E-state index in [1.807, 2.05) is 29.2 Å². The first-order valence-electron chi connectivity index (χ1n) is 8.78. The number of benzene rings is 1. The van der Waals surface area contributed by atoms with E-state index in [1.165, 1.54) is 0 Å². The summed E-state index contributed by atoms with van der Waals surface area (Å²) in [7, 11) is 1.61. The van der Waals surface area contributed by atoms with Crippen molar-refractivity contribution in [3.05, 3.63) is 59.9 Å². The quantitative estimate of drug-likeness (QED) is 0.893. The molecule has 0 unspecified atom stereocenters. The zero-order valence-corrected chi connectivity index (χ0v) is 14.9. The molecular weight excluding hydrogens is 330 g/mol. The van der Waals surface area contributed by atoms with Crippen LogP contribution in [0.15, 0.2) is 48.8 Å². The molecule has 1 saturated heterocycles. The van der Waals surface area contributed by atoms with E-state index in [4.69, 9.17) is 4.74 Å². The lowest BCUT2D eigenvalue weighted by molar-refractivity contribution is -0.131. The van der Waals surface area contributed by atoms with Crippen molar-refractivity contribution in [2.45, 2.75) is 25.3 Å². The normalized spacial score (nSPS) is 14.7. The average Bonchev–Trinajstić information content (AvgIpc) is 2.69. The number of para-hydroxylation sites is 1. The summed E-state index contributed by atoms with van der Waals surface area (Å²) in [5.74, 6) is 0.711. The van der Waals surface area contributed by atoms with Crippen LogP contribution >= 0.6 is 0 Å². The molecule has 136 valence electrons. The van der Waals surface area contributed by atoms with Crippen molar-refractivity contribution < 1.29 is 14.3 Å². The van der Waals surface area contributed by atoms with E-state index < -0.39 is 0 Å². The van der Waals surface area contributed by atoms with Crippen molar-refractivity contribution in [1.29, 1.82) is 0 Å². The number of hydrogen-bond acceptors (Lipinski definition) is 4. The highest BCUT2D eigenvalue weighted by molar-refractivity contribution is 5.94. The zero-order valence-electron chi connectivity index (χ0n) is 14.9. The maximum Gasteiger partial charge on any atom is 0.253 e. The van der Waals surface area contributed by atoms with Crippen molar-refractivity contribution >= 4 is 11.8 Å². The van der Waals surface area contributed by atoms with E-state index >= 15 is 0 Å².